The number of benzene rings is 2. The number of carbonyl (C=O) groups excluding carboxylic acids is 2. The van der Waals surface area contributed by atoms with E-state index in [-0.39, 0.29) is 38.4 Å². The summed E-state index contributed by atoms with van der Waals surface area (Å²) >= 11 is 0. The number of halogens is 2. The molecular formula is C28H38F2N4O4. The van der Waals surface area contributed by atoms with Gasteiger partial charge in [0.25, 0.3) is 0 Å². The normalized spacial score (nSPS) is 23.2. The number of alkyl halides is 2. The summed E-state index contributed by atoms with van der Waals surface area (Å²) in [5.41, 5.74) is 1.86. The Morgan fingerprint density at radius 1 is 0.737 bits per heavy atom. The van der Waals surface area contributed by atoms with Crippen LogP contribution < -0.4 is 10.6 Å². The zero-order chi connectivity index (χ0) is 27.3. The smallest absolute Gasteiger partial charge is 0.410 e. The molecule has 2 aliphatic heterocycles. The van der Waals surface area contributed by atoms with Crippen LogP contribution in [0.1, 0.15) is 24.0 Å². The summed E-state index contributed by atoms with van der Waals surface area (Å²) < 4.78 is 37.8. The number of piperidine rings is 2. The maximum absolute atomic E-state index is 13.7. The Balaban J connectivity index is 0.000000211. The Morgan fingerprint density at radius 3 is 1.42 bits per heavy atom. The number of amides is 2. The molecule has 2 amide bonds. The molecular weight excluding hydrogens is 494 g/mol. The van der Waals surface area contributed by atoms with Crippen LogP contribution in [-0.4, -0.2) is 86.7 Å². The molecule has 0 aromatic heterocycles. The monoisotopic (exact) mass is 532 g/mol. The number of nitrogens with zero attached hydrogens (tertiary/aromatic N) is 2. The van der Waals surface area contributed by atoms with E-state index in [2.05, 4.69) is 10.6 Å². The van der Waals surface area contributed by atoms with Crippen LogP contribution in [0.5, 0.6) is 0 Å². The van der Waals surface area contributed by atoms with Crippen LogP contribution in [0.15, 0.2) is 60.7 Å². The fourth-order valence-corrected chi connectivity index (χ4v) is 4.41. The molecule has 2 aliphatic rings. The van der Waals surface area contributed by atoms with Crippen molar-refractivity contribution in [3.05, 3.63) is 71.8 Å². The quantitative estimate of drug-likeness (QED) is 0.587. The summed E-state index contributed by atoms with van der Waals surface area (Å²) in [5, 5.41) is 5.83. The second-order valence-electron chi connectivity index (χ2n) is 9.37. The van der Waals surface area contributed by atoms with Gasteiger partial charge < -0.3 is 29.9 Å². The third-order valence-corrected chi connectivity index (χ3v) is 6.75. The third-order valence-electron chi connectivity index (χ3n) is 6.75. The van der Waals surface area contributed by atoms with Crippen molar-refractivity contribution in [1.29, 1.82) is 0 Å². The van der Waals surface area contributed by atoms with Gasteiger partial charge in [0, 0.05) is 25.2 Å². The van der Waals surface area contributed by atoms with E-state index in [1.165, 1.54) is 9.80 Å². The highest BCUT2D eigenvalue weighted by atomic mass is 19.1. The molecule has 4 atom stereocenters. The highest BCUT2D eigenvalue weighted by molar-refractivity contribution is 5.68. The average Bonchev–Trinajstić information content (AvgIpc) is 2.96. The van der Waals surface area contributed by atoms with Crippen molar-refractivity contribution in [2.75, 3.05) is 40.3 Å². The van der Waals surface area contributed by atoms with E-state index in [1.54, 1.807) is 14.1 Å². The second-order valence-corrected chi connectivity index (χ2v) is 9.37. The number of nitrogens with one attached hydrogen (secondary N) is 2. The van der Waals surface area contributed by atoms with Gasteiger partial charge in [0.05, 0.1) is 13.1 Å². The average molecular weight is 533 g/mol. The molecule has 208 valence electrons. The van der Waals surface area contributed by atoms with Crippen LogP contribution in [-0.2, 0) is 22.7 Å². The molecule has 2 N–H and O–H groups in total. The predicted molar refractivity (Wildman–Crippen MR) is 141 cm³/mol. The molecule has 10 heteroatoms. The van der Waals surface area contributed by atoms with Crippen molar-refractivity contribution >= 4 is 12.2 Å². The highest BCUT2D eigenvalue weighted by Gasteiger charge is 2.32. The van der Waals surface area contributed by atoms with Gasteiger partial charge in [0.15, 0.2) is 0 Å². The molecule has 38 heavy (non-hydrogen) atoms. The van der Waals surface area contributed by atoms with E-state index < -0.39 is 24.5 Å². The van der Waals surface area contributed by atoms with Gasteiger partial charge in [-0.05, 0) is 38.1 Å². The number of likely N-dealkylation sites (tertiary alicyclic amines) is 2. The topological polar surface area (TPSA) is 83.1 Å². The van der Waals surface area contributed by atoms with E-state index in [9.17, 15) is 18.4 Å². The molecule has 2 aromatic carbocycles. The van der Waals surface area contributed by atoms with Gasteiger partial charge in [-0.3, -0.25) is 0 Å². The van der Waals surface area contributed by atoms with Gasteiger partial charge in [-0.2, -0.15) is 0 Å². The van der Waals surface area contributed by atoms with Crippen molar-refractivity contribution in [1.82, 2.24) is 20.4 Å². The van der Waals surface area contributed by atoms with Crippen molar-refractivity contribution < 1.29 is 27.8 Å². The number of rotatable bonds is 6. The third kappa shape index (κ3) is 8.95. The number of carbonyl (C=O) groups is 2. The van der Waals surface area contributed by atoms with E-state index in [0.717, 1.165) is 11.1 Å². The minimum absolute atomic E-state index is 0.0964. The molecule has 0 radical (unpaired) electrons. The Kier molecular flexibility index (Phi) is 11.8. The van der Waals surface area contributed by atoms with Gasteiger partial charge >= 0.3 is 12.2 Å². The number of hydrogen-bond donors (Lipinski definition) is 2. The van der Waals surface area contributed by atoms with Crippen molar-refractivity contribution in [2.45, 2.75) is 50.5 Å². The van der Waals surface area contributed by atoms with Crippen LogP contribution in [0.3, 0.4) is 0 Å². The molecule has 0 spiro atoms. The van der Waals surface area contributed by atoms with E-state index >= 15 is 0 Å². The summed E-state index contributed by atoms with van der Waals surface area (Å²) in [6, 6.07) is 18.6. The fraction of sp³-hybridized carbons (Fsp3) is 0.500. The van der Waals surface area contributed by atoms with E-state index in [4.69, 9.17) is 9.47 Å². The lowest BCUT2D eigenvalue weighted by Crippen LogP contribution is -2.51. The first-order valence-electron chi connectivity index (χ1n) is 12.9. The first-order chi connectivity index (χ1) is 18.4. The zero-order valence-electron chi connectivity index (χ0n) is 22.0. The first-order valence-corrected chi connectivity index (χ1v) is 12.9. The molecule has 8 nitrogen and oxygen atoms in total. The minimum atomic E-state index is -1.04. The summed E-state index contributed by atoms with van der Waals surface area (Å²) in [6.07, 6.45) is -1.75. The van der Waals surface area contributed by atoms with Crippen LogP contribution in [0.25, 0.3) is 0 Å². The van der Waals surface area contributed by atoms with Crippen LogP contribution in [0.2, 0.25) is 0 Å². The van der Waals surface area contributed by atoms with Gasteiger partial charge in [-0.1, -0.05) is 60.7 Å². The molecule has 0 saturated carbocycles. The van der Waals surface area contributed by atoms with Crippen LogP contribution in [0, 0.1) is 0 Å². The Bertz CT molecular complexity index is 906. The lowest BCUT2D eigenvalue weighted by molar-refractivity contribution is 0.0615. The zero-order valence-corrected chi connectivity index (χ0v) is 22.0. The molecule has 0 bridgehead atoms. The number of hydrogen-bond acceptors (Lipinski definition) is 6. The maximum Gasteiger partial charge on any atom is 0.410 e. The van der Waals surface area contributed by atoms with Gasteiger partial charge in [0.2, 0.25) is 0 Å². The Morgan fingerprint density at radius 2 is 1.11 bits per heavy atom. The molecule has 0 unspecified atom stereocenters. The Labute approximate surface area is 223 Å². The van der Waals surface area contributed by atoms with Gasteiger partial charge in [0.1, 0.15) is 25.6 Å². The number of ether oxygens (including phenoxy) is 2. The minimum Gasteiger partial charge on any atom is -0.445 e. The predicted octanol–water partition coefficient (Wildman–Crippen LogP) is 3.91. The highest BCUT2D eigenvalue weighted by Crippen LogP contribution is 2.16. The second kappa shape index (κ2) is 15.2. The summed E-state index contributed by atoms with van der Waals surface area (Å²) in [4.78, 5) is 26.5. The van der Waals surface area contributed by atoms with Gasteiger partial charge in [-0.25, -0.2) is 18.4 Å². The molecule has 0 aliphatic carbocycles. The lowest BCUT2D eigenvalue weighted by atomic mass is 10.0. The van der Waals surface area contributed by atoms with E-state index in [0.29, 0.717) is 25.9 Å². The first kappa shape index (κ1) is 29.3. The largest absolute Gasteiger partial charge is 0.445 e. The van der Waals surface area contributed by atoms with Crippen molar-refractivity contribution in [2.24, 2.45) is 0 Å². The lowest BCUT2D eigenvalue weighted by Gasteiger charge is -2.33. The van der Waals surface area contributed by atoms with E-state index in [1.807, 2.05) is 60.7 Å². The van der Waals surface area contributed by atoms with Crippen molar-refractivity contribution in [3.8, 4) is 0 Å². The van der Waals surface area contributed by atoms with Crippen LogP contribution in [0.4, 0.5) is 18.4 Å². The molecule has 2 aromatic rings. The summed E-state index contributed by atoms with van der Waals surface area (Å²) in [7, 11) is 3.47. The fourth-order valence-electron chi connectivity index (χ4n) is 4.41. The summed E-state index contributed by atoms with van der Waals surface area (Å²) in [5.74, 6) is 0. The summed E-state index contributed by atoms with van der Waals surface area (Å²) in [6.45, 7) is 1.70. The molecule has 2 heterocycles. The molecule has 2 fully saturated rings. The van der Waals surface area contributed by atoms with Crippen LogP contribution >= 0.6 is 0 Å². The maximum atomic E-state index is 13.7. The standard InChI is InChI=1S/2C14H19FN2O2/c2*1-16-13-7-8-17(9-12(13)15)14(18)19-10-11-5-3-2-4-6-11/h2*2-6,12-13,16H,7-10H2,1H3/t2*12-,13-/m10/s1. The SMILES string of the molecule is CN[C@@H]1CCN(C(=O)OCc2ccccc2)C[C@H]1F.CN[C@H]1CCN(C(=O)OCc2ccccc2)C[C@@H]1F. The molecule has 2 saturated heterocycles. The van der Waals surface area contributed by atoms with Gasteiger partial charge in [-0.15, -0.1) is 0 Å². The molecule has 4 rings (SSSR count). The van der Waals surface area contributed by atoms with Crippen molar-refractivity contribution in [3.63, 3.8) is 0 Å². The Hall–Kier alpha value is -3.24.